The molecule has 1 aromatic carbocycles. The maximum absolute atomic E-state index is 13.1. The lowest BCUT2D eigenvalue weighted by atomic mass is 10.1. The zero-order chi connectivity index (χ0) is 29.7. The van der Waals surface area contributed by atoms with Crippen LogP contribution in [0, 0.1) is 0 Å². The number of carboxylic acids is 1. The van der Waals surface area contributed by atoms with Crippen molar-refractivity contribution in [2.75, 3.05) is 12.3 Å². The average Bonchev–Trinajstić information content (AvgIpc) is 3.57. The molecule has 0 radical (unpaired) electrons. The van der Waals surface area contributed by atoms with Crippen molar-refractivity contribution in [1.82, 2.24) is 24.6 Å². The molecular formula is C22H27ClN6O10P2. The Kier molecular flexibility index (Phi) is 8.02. The van der Waals surface area contributed by atoms with E-state index in [1.807, 2.05) is 5.09 Å². The number of aliphatic carboxylic acids is 1. The lowest BCUT2D eigenvalue weighted by molar-refractivity contribution is -0.199. The number of fused-ring (bicyclic) bond motifs is 2. The van der Waals surface area contributed by atoms with E-state index in [1.54, 1.807) is 24.5 Å². The van der Waals surface area contributed by atoms with Crippen LogP contribution in [0.4, 0.5) is 5.82 Å². The van der Waals surface area contributed by atoms with Gasteiger partial charge in [-0.25, -0.2) is 20.0 Å². The van der Waals surface area contributed by atoms with Gasteiger partial charge in [-0.15, -0.1) is 0 Å². The number of halogens is 1. The Bertz CT molecular complexity index is 1540. The number of carboxylic acid groups (broad SMARTS) is 1. The number of imidazole rings is 1. The summed E-state index contributed by atoms with van der Waals surface area (Å²) in [5, 5.41) is 11.6. The maximum Gasteiger partial charge on any atom is 0.357 e. The van der Waals surface area contributed by atoms with Crippen molar-refractivity contribution < 1.29 is 47.6 Å². The summed E-state index contributed by atoms with van der Waals surface area (Å²) < 4.78 is 50.9. The number of benzene rings is 1. The van der Waals surface area contributed by atoms with Crippen molar-refractivity contribution in [2.24, 2.45) is 0 Å². The molecule has 222 valence electrons. The second kappa shape index (κ2) is 11.0. The van der Waals surface area contributed by atoms with Gasteiger partial charge in [0.05, 0.1) is 12.9 Å². The molecule has 2 aliphatic rings. The second-order valence-corrected chi connectivity index (χ2v) is 15.2. The van der Waals surface area contributed by atoms with Crippen LogP contribution in [0.15, 0.2) is 43.0 Å². The van der Waals surface area contributed by atoms with Gasteiger partial charge in [-0.2, -0.15) is 0 Å². The summed E-state index contributed by atoms with van der Waals surface area (Å²) in [5.74, 6) is -2.40. The number of nitrogen functional groups attached to an aromatic ring is 1. The Balaban J connectivity index is 1.33. The minimum absolute atomic E-state index is 0.128. The highest BCUT2D eigenvalue weighted by Crippen LogP contribution is 2.65. The first-order valence-electron chi connectivity index (χ1n) is 12.1. The minimum atomic E-state index is -5.07. The maximum atomic E-state index is 13.1. The molecule has 41 heavy (non-hydrogen) atoms. The number of alkyl halides is 1. The Hall–Kier alpha value is -2.49. The van der Waals surface area contributed by atoms with E-state index in [-0.39, 0.29) is 11.4 Å². The summed E-state index contributed by atoms with van der Waals surface area (Å²) >= 11 is 5.99. The molecule has 0 bridgehead atoms. The van der Waals surface area contributed by atoms with E-state index < -0.39 is 68.9 Å². The number of nitrogens with two attached hydrogens (primary N) is 1. The summed E-state index contributed by atoms with van der Waals surface area (Å²) in [7, 11) is -10.1. The van der Waals surface area contributed by atoms with Gasteiger partial charge in [0.1, 0.15) is 36.2 Å². The first kappa shape index (κ1) is 30.0. The van der Waals surface area contributed by atoms with Gasteiger partial charge in [0.25, 0.3) is 7.52 Å². The van der Waals surface area contributed by atoms with Crippen LogP contribution in [0.3, 0.4) is 0 Å². The highest BCUT2D eigenvalue weighted by atomic mass is 35.5. The van der Waals surface area contributed by atoms with Crippen LogP contribution in [0.5, 0.6) is 0 Å². The molecule has 0 spiro atoms. The summed E-state index contributed by atoms with van der Waals surface area (Å²) in [5.41, 5.74) is 6.70. The van der Waals surface area contributed by atoms with Crippen LogP contribution >= 0.6 is 26.7 Å². The minimum Gasteiger partial charge on any atom is -0.480 e. The molecule has 0 amide bonds. The van der Waals surface area contributed by atoms with E-state index in [0.717, 1.165) is 0 Å². The molecule has 5 rings (SSSR count). The molecule has 6 unspecified atom stereocenters. The molecule has 2 aliphatic heterocycles. The number of rotatable bonds is 10. The van der Waals surface area contributed by atoms with Crippen molar-refractivity contribution in [3.63, 3.8) is 0 Å². The average molecular weight is 633 g/mol. The second-order valence-electron chi connectivity index (χ2n) is 9.82. The molecule has 2 aromatic heterocycles. The van der Waals surface area contributed by atoms with Crippen LogP contribution < -0.4 is 10.8 Å². The van der Waals surface area contributed by atoms with Crippen LogP contribution in [0.1, 0.15) is 31.7 Å². The van der Waals surface area contributed by atoms with Crippen LogP contribution in [0.25, 0.3) is 11.2 Å². The lowest BCUT2D eigenvalue weighted by Crippen LogP contribution is -2.33. The monoisotopic (exact) mass is 632 g/mol. The van der Waals surface area contributed by atoms with Gasteiger partial charge < -0.3 is 39.4 Å². The zero-order valence-electron chi connectivity index (χ0n) is 21.6. The molecule has 3 aromatic rings. The lowest BCUT2D eigenvalue weighted by Gasteiger charge is -2.27. The third kappa shape index (κ3) is 5.90. The number of hydrogen-bond acceptors (Lipinski definition) is 11. The van der Waals surface area contributed by atoms with E-state index in [4.69, 9.17) is 36.1 Å². The fraction of sp³-hybridized carbons (Fsp3) is 0.455. The van der Waals surface area contributed by atoms with E-state index in [1.165, 1.54) is 36.9 Å². The van der Waals surface area contributed by atoms with Gasteiger partial charge >= 0.3 is 13.6 Å². The topological polar surface area (TPSA) is 230 Å². The van der Waals surface area contributed by atoms with Crippen LogP contribution in [0.2, 0.25) is 0 Å². The zero-order valence-corrected chi connectivity index (χ0v) is 24.1. The summed E-state index contributed by atoms with van der Waals surface area (Å²) in [4.78, 5) is 42.8. The molecule has 2 fully saturated rings. The van der Waals surface area contributed by atoms with Crippen LogP contribution in [-0.2, 0) is 32.7 Å². The van der Waals surface area contributed by atoms with Crippen molar-refractivity contribution >= 4 is 49.7 Å². The number of carbonyl (C=O) groups is 1. The molecule has 8 atom stereocenters. The van der Waals surface area contributed by atoms with E-state index in [0.29, 0.717) is 11.2 Å². The van der Waals surface area contributed by atoms with Crippen molar-refractivity contribution in [3.05, 3.63) is 48.5 Å². The molecule has 0 aliphatic carbocycles. The summed E-state index contributed by atoms with van der Waals surface area (Å²) in [6.07, 6.45) is -0.712. The number of anilines is 1. The molecule has 0 saturated carbocycles. The van der Waals surface area contributed by atoms with E-state index in [9.17, 15) is 28.8 Å². The standard InChI is InChI=1S/C22H27ClN6O10P2/c1-22(2)38-15-12(37-19(16(15)39-22)29-10-27-14-17(24)25-9-26-18(14)29)8-36-41(34,35)21(23)40(32,33)28-13(20(30)31)11-6-4-3-5-7-11/h3-7,9-10,12-13,15-16,19,21H,8H2,1-2H3,(H,30,31)(H,34,35)(H2,24,25,26)(H2,28,32,33)/t12?,13-,15?,16?,19?,21-/m1/s1. The van der Waals surface area contributed by atoms with Crippen molar-refractivity contribution in [3.8, 4) is 0 Å². The quantitative estimate of drug-likeness (QED) is 0.159. The van der Waals surface area contributed by atoms with E-state index >= 15 is 0 Å². The SMILES string of the molecule is CC1(C)OC2C(COP(=O)(O)[C@H](Cl)P(=O)(O)N[C@@H](C(=O)O)c3ccccc3)OC(n3cnc4c(N)ncnc43)C2O1. The fourth-order valence-corrected chi connectivity index (χ4v) is 8.23. The van der Waals surface area contributed by atoms with Crippen molar-refractivity contribution in [1.29, 1.82) is 0 Å². The van der Waals surface area contributed by atoms with Gasteiger partial charge in [0.15, 0.2) is 23.5 Å². The predicted molar refractivity (Wildman–Crippen MR) is 143 cm³/mol. The molecule has 16 nitrogen and oxygen atoms in total. The Labute approximate surface area is 237 Å². The highest BCUT2D eigenvalue weighted by molar-refractivity contribution is 7.75. The Morgan fingerprint density at radius 2 is 1.88 bits per heavy atom. The summed E-state index contributed by atoms with van der Waals surface area (Å²) in [6, 6.07) is 5.80. The fourth-order valence-electron chi connectivity index (χ4n) is 4.68. The molecule has 2 saturated heterocycles. The number of ether oxygens (including phenoxy) is 3. The number of hydrogen-bond donors (Lipinski definition) is 5. The third-order valence-electron chi connectivity index (χ3n) is 6.46. The highest BCUT2D eigenvalue weighted by Gasteiger charge is 2.57. The van der Waals surface area contributed by atoms with Gasteiger partial charge in [0, 0.05) is 0 Å². The normalized spacial score (nSPS) is 28.0. The van der Waals surface area contributed by atoms with Gasteiger partial charge in [-0.3, -0.25) is 18.5 Å². The number of nitrogens with zero attached hydrogens (tertiary/aromatic N) is 4. The van der Waals surface area contributed by atoms with E-state index in [2.05, 4.69) is 15.0 Å². The Morgan fingerprint density at radius 1 is 1.20 bits per heavy atom. The van der Waals surface area contributed by atoms with Gasteiger partial charge in [-0.05, 0) is 19.4 Å². The first-order valence-corrected chi connectivity index (χ1v) is 15.9. The predicted octanol–water partition coefficient (Wildman–Crippen LogP) is 2.15. The first-order chi connectivity index (χ1) is 19.2. The Morgan fingerprint density at radius 3 is 2.56 bits per heavy atom. The molecule has 6 N–H and O–H groups in total. The van der Waals surface area contributed by atoms with Crippen molar-refractivity contribution in [2.45, 2.75) is 55.1 Å². The number of aromatic nitrogens is 4. The smallest absolute Gasteiger partial charge is 0.357 e. The largest absolute Gasteiger partial charge is 0.480 e. The molecular weight excluding hydrogens is 606 g/mol. The van der Waals surface area contributed by atoms with Crippen LogP contribution in [-0.4, -0.2) is 75.9 Å². The third-order valence-corrected chi connectivity index (χ3v) is 12.1. The summed E-state index contributed by atoms with van der Waals surface area (Å²) in [6.45, 7) is 2.76. The molecule has 19 heteroatoms. The number of nitrogens with one attached hydrogen (secondary N) is 1. The van der Waals surface area contributed by atoms with Gasteiger partial charge in [-0.1, -0.05) is 41.9 Å². The molecule has 4 heterocycles. The van der Waals surface area contributed by atoms with Gasteiger partial charge in [0.2, 0.25) is 4.86 Å².